The van der Waals surface area contributed by atoms with Gasteiger partial charge in [-0.3, -0.25) is 0 Å². The molecule has 6 heteroatoms. The average Bonchev–Trinajstić information content (AvgIpc) is 3.09. The van der Waals surface area contributed by atoms with Gasteiger partial charge in [0.2, 0.25) is 0 Å². The van der Waals surface area contributed by atoms with Crippen molar-refractivity contribution in [2.24, 2.45) is 0 Å². The van der Waals surface area contributed by atoms with E-state index in [9.17, 15) is 0 Å². The first-order valence-electron chi connectivity index (χ1n) is 8.40. The largest absolute Gasteiger partial charge is 0.378 e. The highest BCUT2D eigenvalue weighted by Crippen LogP contribution is 2.27. The second-order valence-electron chi connectivity index (χ2n) is 6.22. The molecule has 0 aliphatic heterocycles. The number of nitrogens with one attached hydrogen (secondary N) is 1. The van der Waals surface area contributed by atoms with Crippen molar-refractivity contribution in [2.45, 2.75) is 13.0 Å². The maximum absolute atomic E-state index is 6.20. The summed E-state index contributed by atoms with van der Waals surface area (Å²) in [6.07, 6.45) is 2.81. The Hall–Kier alpha value is -1.59. The van der Waals surface area contributed by atoms with Crippen LogP contribution in [0.5, 0.6) is 0 Å². The van der Waals surface area contributed by atoms with Crippen LogP contribution < -0.4 is 10.2 Å². The fraction of sp³-hybridized carbons (Fsp3) is 0.250. The van der Waals surface area contributed by atoms with Crippen molar-refractivity contribution < 1.29 is 0 Å². The number of benzene rings is 2. The molecule has 136 valence electrons. The van der Waals surface area contributed by atoms with Gasteiger partial charge in [-0.05, 0) is 48.4 Å². The topological polar surface area (TPSA) is 28.2 Å². The fourth-order valence-corrected chi connectivity index (χ4v) is 3.99. The lowest BCUT2D eigenvalue weighted by molar-refractivity contribution is 0.684. The average molecular weight is 406 g/mol. The Morgan fingerprint density at radius 2 is 1.85 bits per heavy atom. The van der Waals surface area contributed by atoms with Gasteiger partial charge in [0.05, 0.1) is 4.88 Å². The molecule has 0 radical (unpaired) electrons. The van der Waals surface area contributed by atoms with Crippen molar-refractivity contribution >= 4 is 40.2 Å². The smallest absolute Gasteiger partial charge is 0.107 e. The van der Waals surface area contributed by atoms with E-state index in [2.05, 4.69) is 39.5 Å². The third-order valence-electron chi connectivity index (χ3n) is 4.08. The van der Waals surface area contributed by atoms with Crippen molar-refractivity contribution in [2.75, 3.05) is 25.5 Å². The van der Waals surface area contributed by atoms with E-state index in [-0.39, 0.29) is 0 Å². The molecule has 1 heterocycles. The molecule has 0 atom stereocenters. The van der Waals surface area contributed by atoms with Crippen LogP contribution in [-0.4, -0.2) is 25.6 Å². The Labute approximate surface area is 168 Å². The summed E-state index contributed by atoms with van der Waals surface area (Å²) in [6, 6.07) is 14.2. The van der Waals surface area contributed by atoms with Crippen LogP contribution in [0.1, 0.15) is 10.6 Å². The molecule has 0 saturated carbocycles. The summed E-state index contributed by atoms with van der Waals surface area (Å²) in [6.45, 7) is 1.60. The monoisotopic (exact) mass is 405 g/mol. The van der Waals surface area contributed by atoms with Crippen LogP contribution in [0.2, 0.25) is 10.0 Å². The third kappa shape index (κ3) is 4.98. The second-order valence-corrected chi connectivity index (χ2v) is 8.18. The number of halogens is 2. The van der Waals surface area contributed by atoms with Crippen LogP contribution in [0.3, 0.4) is 0 Å². The molecule has 1 N–H and O–H groups in total. The predicted molar refractivity (Wildman–Crippen MR) is 114 cm³/mol. The SMILES string of the molecule is CN(C)c1ccc(-c2cnc(CNCCc3ccc(Cl)cc3Cl)s2)cc1. The Morgan fingerprint density at radius 1 is 1.08 bits per heavy atom. The van der Waals surface area contributed by atoms with E-state index in [1.165, 1.54) is 16.1 Å². The number of thiazole rings is 1. The van der Waals surface area contributed by atoms with Gasteiger partial charge in [-0.2, -0.15) is 0 Å². The van der Waals surface area contributed by atoms with Gasteiger partial charge >= 0.3 is 0 Å². The second kappa shape index (κ2) is 8.87. The molecule has 2 aromatic carbocycles. The summed E-state index contributed by atoms with van der Waals surface area (Å²) in [5.41, 5.74) is 3.50. The standard InChI is InChI=1S/C20H21Cl2N3S/c1-25(2)17-7-4-15(5-8-17)19-12-24-20(26-19)13-23-10-9-14-3-6-16(21)11-18(14)22/h3-8,11-12,23H,9-10,13H2,1-2H3. The number of aromatic nitrogens is 1. The molecule has 0 unspecified atom stereocenters. The van der Waals surface area contributed by atoms with E-state index < -0.39 is 0 Å². The van der Waals surface area contributed by atoms with E-state index in [1.54, 1.807) is 17.4 Å². The molecule has 0 amide bonds. The normalized spacial score (nSPS) is 10.9. The van der Waals surface area contributed by atoms with Gasteiger partial charge in [0.1, 0.15) is 5.01 Å². The summed E-state index contributed by atoms with van der Waals surface area (Å²) < 4.78 is 0. The van der Waals surface area contributed by atoms with Gasteiger partial charge in [-0.25, -0.2) is 4.98 Å². The number of hydrogen-bond donors (Lipinski definition) is 1. The molecule has 3 rings (SSSR count). The lowest BCUT2D eigenvalue weighted by Crippen LogP contribution is -2.16. The van der Waals surface area contributed by atoms with Crippen molar-refractivity contribution in [1.29, 1.82) is 0 Å². The van der Waals surface area contributed by atoms with Gasteiger partial charge in [-0.1, -0.05) is 41.4 Å². The minimum atomic E-state index is 0.667. The highest BCUT2D eigenvalue weighted by atomic mass is 35.5. The van der Waals surface area contributed by atoms with Crippen LogP contribution in [-0.2, 0) is 13.0 Å². The maximum atomic E-state index is 6.20. The highest BCUT2D eigenvalue weighted by Gasteiger charge is 2.06. The molecule has 26 heavy (non-hydrogen) atoms. The van der Waals surface area contributed by atoms with E-state index in [4.69, 9.17) is 23.2 Å². The van der Waals surface area contributed by atoms with Gasteiger partial charge in [0.25, 0.3) is 0 Å². The van der Waals surface area contributed by atoms with Crippen LogP contribution in [0.4, 0.5) is 5.69 Å². The molecule has 0 aliphatic rings. The minimum absolute atomic E-state index is 0.667. The Bertz CT molecular complexity index is 860. The van der Waals surface area contributed by atoms with Gasteiger partial charge < -0.3 is 10.2 Å². The van der Waals surface area contributed by atoms with Crippen molar-refractivity contribution in [3.05, 3.63) is 69.3 Å². The molecule has 0 saturated heterocycles. The maximum Gasteiger partial charge on any atom is 0.107 e. The van der Waals surface area contributed by atoms with Crippen LogP contribution in [0, 0.1) is 0 Å². The van der Waals surface area contributed by atoms with Crippen LogP contribution in [0.25, 0.3) is 10.4 Å². The van der Waals surface area contributed by atoms with Gasteiger partial charge in [0.15, 0.2) is 0 Å². The first-order chi connectivity index (χ1) is 12.5. The van der Waals surface area contributed by atoms with E-state index >= 15 is 0 Å². The first-order valence-corrected chi connectivity index (χ1v) is 9.97. The Balaban J connectivity index is 1.52. The summed E-state index contributed by atoms with van der Waals surface area (Å²) in [4.78, 5) is 7.81. The summed E-state index contributed by atoms with van der Waals surface area (Å²) >= 11 is 13.8. The summed E-state index contributed by atoms with van der Waals surface area (Å²) in [5, 5.41) is 5.90. The zero-order chi connectivity index (χ0) is 18.5. The zero-order valence-electron chi connectivity index (χ0n) is 14.8. The van der Waals surface area contributed by atoms with E-state index in [1.807, 2.05) is 32.4 Å². The zero-order valence-corrected chi connectivity index (χ0v) is 17.1. The predicted octanol–water partition coefficient (Wildman–Crippen LogP) is 5.52. The number of nitrogens with zero attached hydrogens (tertiary/aromatic N) is 2. The van der Waals surface area contributed by atoms with Crippen LogP contribution >= 0.6 is 34.5 Å². The van der Waals surface area contributed by atoms with E-state index in [0.717, 1.165) is 35.1 Å². The molecule has 3 aromatic rings. The van der Waals surface area contributed by atoms with Crippen molar-refractivity contribution in [3.8, 4) is 10.4 Å². The molecule has 0 fully saturated rings. The number of anilines is 1. The summed E-state index contributed by atoms with van der Waals surface area (Å²) in [7, 11) is 4.09. The number of rotatable bonds is 7. The molecule has 1 aromatic heterocycles. The highest BCUT2D eigenvalue weighted by molar-refractivity contribution is 7.15. The molecule has 0 spiro atoms. The van der Waals surface area contributed by atoms with Crippen LogP contribution in [0.15, 0.2) is 48.7 Å². The van der Waals surface area contributed by atoms with E-state index in [0.29, 0.717) is 5.02 Å². The lowest BCUT2D eigenvalue weighted by Gasteiger charge is -2.12. The molecule has 3 nitrogen and oxygen atoms in total. The van der Waals surface area contributed by atoms with Gasteiger partial charge in [0, 0.05) is 42.6 Å². The van der Waals surface area contributed by atoms with Gasteiger partial charge in [-0.15, -0.1) is 11.3 Å². The lowest BCUT2D eigenvalue weighted by atomic mass is 10.1. The Kier molecular flexibility index (Phi) is 6.54. The van der Waals surface area contributed by atoms with Crippen molar-refractivity contribution in [1.82, 2.24) is 10.3 Å². The third-order valence-corrected chi connectivity index (χ3v) is 5.72. The molecule has 0 aliphatic carbocycles. The molecular formula is C20H21Cl2N3S. The quantitative estimate of drug-likeness (QED) is 0.524. The first kappa shape index (κ1) is 19.2. The Morgan fingerprint density at radius 3 is 2.54 bits per heavy atom. The molecule has 0 bridgehead atoms. The molecular weight excluding hydrogens is 385 g/mol. The van der Waals surface area contributed by atoms with Crippen molar-refractivity contribution in [3.63, 3.8) is 0 Å². The summed E-state index contributed by atoms with van der Waals surface area (Å²) in [5.74, 6) is 0. The minimum Gasteiger partial charge on any atom is -0.378 e. The number of hydrogen-bond acceptors (Lipinski definition) is 4. The fourth-order valence-electron chi connectivity index (χ4n) is 2.59.